The van der Waals surface area contributed by atoms with Crippen molar-refractivity contribution in [1.29, 1.82) is 0 Å². The number of hydrogen-bond acceptors (Lipinski definition) is 3. The molecule has 1 atom stereocenters. The molecule has 2 aromatic rings. The number of carbonyl (C=O) groups excluding carboxylic acids is 1. The SMILES string of the molecule is Cc1cc(C)cc(C(O)COc2ccc3c(c2)CCC(=O)N3)c1. The Morgan fingerprint density at radius 1 is 1.13 bits per heavy atom. The van der Waals surface area contributed by atoms with Gasteiger partial charge in [-0.2, -0.15) is 0 Å². The Balaban J connectivity index is 1.67. The second kappa shape index (κ2) is 6.42. The Hall–Kier alpha value is -2.33. The fourth-order valence-corrected chi connectivity index (χ4v) is 2.92. The number of benzene rings is 2. The Kier molecular flexibility index (Phi) is 4.35. The average Bonchev–Trinajstić information content (AvgIpc) is 2.51. The highest BCUT2D eigenvalue weighted by molar-refractivity contribution is 5.93. The van der Waals surface area contributed by atoms with Crippen LogP contribution in [0.15, 0.2) is 36.4 Å². The molecule has 0 spiro atoms. The zero-order valence-corrected chi connectivity index (χ0v) is 13.4. The molecule has 0 fully saturated rings. The molecule has 0 radical (unpaired) electrons. The number of rotatable bonds is 4. The highest BCUT2D eigenvalue weighted by Gasteiger charge is 2.16. The van der Waals surface area contributed by atoms with Crippen LogP contribution in [0.1, 0.15) is 34.8 Å². The number of aliphatic hydroxyl groups is 1. The van der Waals surface area contributed by atoms with Gasteiger partial charge in [-0.25, -0.2) is 0 Å². The normalized spacial score (nSPS) is 14.8. The van der Waals surface area contributed by atoms with Gasteiger partial charge in [-0.3, -0.25) is 4.79 Å². The maximum atomic E-state index is 11.4. The standard InChI is InChI=1S/C19H21NO3/c1-12-7-13(2)9-15(8-12)18(21)11-23-16-4-5-17-14(10-16)3-6-19(22)20-17/h4-5,7-10,18,21H,3,6,11H2,1-2H3,(H,20,22). The van der Waals surface area contributed by atoms with Gasteiger partial charge in [0.1, 0.15) is 18.5 Å². The van der Waals surface area contributed by atoms with Gasteiger partial charge in [0.15, 0.2) is 0 Å². The monoisotopic (exact) mass is 311 g/mol. The summed E-state index contributed by atoms with van der Waals surface area (Å²) in [4.78, 5) is 11.4. The van der Waals surface area contributed by atoms with E-state index in [1.807, 2.05) is 44.2 Å². The molecule has 0 aliphatic carbocycles. The number of carbonyl (C=O) groups is 1. The quantitative estimate of drug-likeness (QED) is 0.911. The fourth-order valence-electron chi connectivity index (χ4n) is 2.92. The van der Waals surface area contributed by atoms with Crippen LogP contribution in [0.25, 0.3) is 0 Å². The number of aliphatic hydroxyl groups excluding tert-OH is 1. The van der Waals surface area contributed by atoms with Crippen molar-refractivity contribution in [1.82, 2.24) is 0 Å². The summed E-state index contributed by atoms with van der Waals surface area (Å²) in [6.07, 6.45) is 0.559. The first-order valence-electron chi connectivity index (χ1n) is 7.83. The molecule has 1 amide bonds. The van der Waals surface area contributed by atoms with Crippen molar-refractivity contribution < 1.29 is 14.6 Å². The molecule has 23 heavy (non-hydrogen) atoms. The molecule has 0 saturated carbocycles. The van der Waals surface area contributed by atoms with Crippen LogP contribution in [0.5, 0.6) is 5.75 Å². The molecule has 1 aliphatic rings. The highest BCUT2D eigenvalue weighted by Crippen LogP contribution is 2.27. The number of fused-ring (bicyclic) bond motifs is 1. The van der Waals surface area contributed by atoms with Crippen molar-refractivity contribution in [2.75, 3.05) is 11.9 Å². The minimum atomic E-state index is -0.663. The van der Waals surface area contributed by atoms with Crippen molar-refractivity contribution in [2.45, 2.75) is 32.8 Å². The van der Waals surface area contributed by atoms with E-state index in [-0.39, 0.29) is 12.5 Å². The lowest BCUT2D eigenvalue weighted by molar-refractivity contribution is -0.116. The van der Waals surface area contributed by atoms with Crippen molar-refractivity contribution in [2.24, 2.45) is 0 Å². The largest absolute Gasteiger partial charge is 0.491 e. The van der Waals surface area contributed by atoms with E-state index in [9.17, 15) is 9.90 Å². The Labute approximate surface area is 136 Å². The van der Waals surface area contributed by atoms with Gasteiger partial charge in [0.25, 0.3) is 0 Å². The fraction of sp³-hybridized carbons (Fsp3) is 0.316. The maximum Gasteiger partial charge on any atom is 0.224 e. The van der Waals surface area contributed by atoms with Gasteiger partial charge in [-0.05, 0) is 49.6 Å². The third kappa shape index (κ3) is 3.71. The lowest BCUT2D eigenvalue weighted by atomic mass is 10.0. The number of aryl methyl sites for hydroxylation is 3. The summed E-state index contributed by atoms with van der Waals surface area (Å²) in [5.41, 5.74) is 5.05. The lowest BCUT2D eigenvalue weighted by Gasteiger charge is -2.19. The summed E-state index contributed by atoms with van der Waals surface area (Å²) in [7, 11) is 0. The second-order valence-electron chi connectivity index (χ2n) is 6.11. The van der Waals surface area contributed by atoms with Gasteiger partial charge in [0.05, 0.1) is 0 Å². The summed E-state index contributed by atoms with van der Waals surface area (Å²) in [6.45, 7) is 4.23. The molecule has 2 N–H and O–H groups in total. The van der Waals surface area contributed by atoms with Gasteiger partial charge < -0.3 is 15.2 Å². The van der Waals surface area contributed by atoms with E-state index in [2.05, 4.69) is 11.4 Å². The molecule has 1 unspecified atom stereocenters. The van der Waals surface area contributed by atoms with Gasteiger partial charge in [-0.1, -0.05) is 29.3 Å². The number of hydrogen-bond donors (Lipinski definition) is 2. The molecule has 0 bridgehead atoms. The number of nitrogens with one attached hydrogen (secondary N) is 1. The zero-order valence-electron chi connectivity index (χ0n) is 13.4. The molecule has 2 aromatic carbocycles. The van der Waals surface area contributed by atoms with E-state index >= 15 is 0 Å². The molecule has 120 valence electrons. The zero-order chi connectivity index (χ0) is 16.4. The molecule has 4 heteroatoms. The van der Waals surface area contributed by atoms with Crippen molar-refractivity contribution >= 4 is 11.6 Å². The summed E-state index contributed by atoms with van der Waals surface area (Å²) < 4.78 is 5.73. The van der Waals surface area contributed by atoms with Crippen LogP contribution in [-0.2, 0) is 11.2 Å². The number of ether oxygens (including phenoxy) is 1. The first-order valence-corrected chi connectivity index (χ1v) is 7.83. The summed E-state index contributed by atoms with van der Waals surface area (Å²) in [6, 6.07) is 11.6. The Bertz CT molecular complexity index is 719. The molecule has 4 nitrogen and oxygen atoms in total. The minimum Gasteiger partial charge on any atom is -0.491 e. The van der Waals surface area contributed by atoms with Crippen LogP contribution in [0, 0.1) is 13.8 Å². The van der Waals surface area contributed by atoms with Crippen molar-refractivity contribution in [3.8, 4) is 5.75 Å². The van der Waals surface area contributed by atoms with Gasteiger partial charge in [0, 0.05) is 12.1 Å². The summed E-state index contributed by atoms with van der Waals surface area (Å²) >= 11 is 0. The predicted molar refractivity (Wildman–Crippen MR) is 89.8 cm³/mol. The van der Waals surface area contributed by atoms with Crippen LogP contribution in [-0.4, -0.2) is 17.6 Å². The molecular formula is C19H21NO3. The second-order valence-corrected chi connectivity index (χ2v) is 6.11. The first-order chi connectivity index (χ1) is 11.0. The van der Waals surface area contributed by atoms with Crippen LogP contribution < -0.4 is 10.1 Å². The lowest BCUT2D eigenvalue weighted by Crippen LogP contribution is -2.19. The number of amides is 1. The average molecular weight is 311 g/mol. The van der Waals surface area contributed by atoms with E-state index < -0.39 is 6.10 Å². The predicted octanol–water partition coefficient (Wildman–Crippen LogP) is 3.30. The first kappa shape index (κ1) is 15.6. The molecule has 1 heterocycles. The van der Waals surface area contributed by atoms with Gasteiger partial charge >= 0.3 is 0 Å². The Morgan fingerprint density at radius 2 is 1.87 bits per heavy atom. The molecule has 3 rings (SSSR count). The topological polar surface area (TPSA) is 58.6 Å². The third-order valence-electron chi connectivity index (χ3n) is 4.01. The van der Waals surface area contributed by atoms with Crippen molar-refractivity contribution in [3.05, 3.63) is 58.7 Å². The van der Waals surface area contributed by atoms with E-state index in [4.69, 9.17) is 4.74 Å². The number of anilines is 1. The van der Waals surface area contributed by atoms with Crippen LogP contribution in [0.4, 0.5) is 5.69 Å². The highest BCUT2D eigenvalue weighted by atomic mass is 16.5. The van der Waals surface area contributed by atoms with E-state index in [0.717, 1.165) is 34.4 Å². The third-order valence-corrected chi connectivity index (χ3v) is 4.01. The summed E-state index contributed by atoms with van der Waals surface area (Å²) in [5, 5.41) is 13.2. The molecule has 0 aromatic heterocycles. The van der Waals surface area contributed by atoms with Gasteiger partial charge in [-0.15, -0.1) is 0 Å². The minimum absolute atomic E-state index is 0.0522. The van der Waals surface area contributed by atoms with Crippen LogP contribution in [0.3, 0.4) is 0 Å². The molecule has 0 saturated heterocycles. The Morgan fingerprint density at radius 3 is 2.61 bits per heavy atom. The van der Waals surface area contributed by atoms with Crippen molar-refractivity contribution in [3.63, 3.8) is 0 Å². The summed E-state index contributed by atoms with van der Waals surface area (Å²) in [5.74, 6) is 0.764. The molecule has 1 aliphatic heterocycles. The van der Waals surface area contributed by atoms with E-state index in [1.54, 1.807) is 0 Å². The molecular weight excluding hydrogens is 290 g/mol. The maximum absolute atomic E-state index is 11.4. The van der Waals surface area contributed by atoms with E-state index in [1.165, 1.54) is 0 Å². The smallest absolute Gasteiger partial charge is 0.224 e. The van der Waals surface area contributed by atoms with Crippen LogP contribution >= 0.6 is 0 Å². The van der Waals surface area contributed by atoms with Crippen LogP contribution in [0.2, 0.25) is 0 Å². The van der Waals surface area contributed by atoms with Gasteiger partial charge in [0.2, 0.25) is 5.91 Å². The van der Waals surface area contributed by atoms with E-state index in [0.29, 0.717) is 12.2 Å².